The molecule has 0 aliphatic heterocycles. The summed E-state index contributed by atoms with van der Waals surface area (Å²) in [5.41, 5.74) is 10.9. The van der Waals surface area contributed by atoms with Gasteiger partial charge in [0.15, 0.2) is 0 Å². The third-order valence-electron chi connectivity index (χ3n) is 6.82. The molecule has 0 bridgehead atoms. The second-order valence-electron chi connectivity index (χ2n) is 10.8. The van der Waals surface area contributed by atoms with Crippen molar-refractivity contribution in [3.8, 4) is 0 Å². The summed E-state index contributed by atoms with van der Waals surface area (Å²) < 4.78 is 0. The van der Waals surface area contributed by atoms with E-state index in [1.165, 1.54) is 18.7 Å². The molecule has 0 fully saturated rings. The maximum atomic E-state index is 13.4. The Kier molecular flexibility index (Phi) is 19.6. The van der Waals surface area contributed by atoms with Crippen molar-refractivity contribution in [3.63, 3.8) is 0 Å². The fraction of sp³-hybridized carbons (Fsp3) is 0.630. The van der Waals surface area contributed by atoms with Gasteiger partial charge in [0, 0.05) is 0 Å². The first-order valence-electron chi connectivity index (χ1n) is 14.7. The summed E-state index contributed by atoms with van der Waals surface area (Å²) in [6, 6.07) is -10.2. The van der Waals surface area contributed by atoms with Gasteiger partial charge in [-0.25, -0.2) is 4.79 Å². The molecule has 0 heterocycles. The number of thioether (sulfide) groups is 1. The monoisotopic (exact) mass is 721 g/mol. The van der Waals surface area contributed by atoms with Gasteiger partial charge in [-0.05, 0) is 24.3 Å². The molecule has 21 nitrogen and oxygen atoms in total. The van der Waals surface area contributed by atoms with Crippen molar-refractivity contribution < 1.29 is 68.4 Å². The lowest BCUT2D eigenvalue weighted by Gasteiger charge is -2.28. The molecule has 6 amide bonds. The van der Waals surface area contributed by atoms with Crippen molar-refractivity contribution in [3.05, 3.63) is 0 Å². The van der Waals surface area contributed by atoms with Crippen molar-refractivity contribution >= 4 is 71.1 Å². The average Bonchev–Trinajstić information content (AvgIpc) is 2.99. The largest absolute Gasteiger partial charge is 0.481 e. The molecule has 0 aliphatic carbocycles. The standard InChI is InChI=1S/C27H43N7O14S/c1-4-11(2)21(34-25(45)15(9-19(38)39)30-22(42)12(28)5-6-49-3)26(46)32-14(8-18(36)37)24(44)31-13(7-17(29)35)23(43)33-16(27(47)48)10-20(40)41/h11-16,21H,4-10,28H2,1-3H3,(H2,29,35)(H,30,42)(H,31,44)(H,32,46)(H,33,43)(H,34,45)(H,36,37)(H,38,39)(H,40,41)(H,47,48)/t11-,12-,13-,14-,15-,16-,21-/m0/s1. The Hall–Kier alpha value is -4.99. The van der Waals surface area contributed by atoms with Gasteiger partial charge in [0.1, 0.15) is 30.2 Å². The number of carboxylic acids is 4. The van der Waals surface area contributed by atoms with E-state index in [0.717, 1.165) is 0 Å². The molecule has 0 saturated carbocycles. The molecule has 0 saturated heterocycles. The number of nitrogens with two attached hydrogens (primary N) is 2. The van der Waals surface area contributed by atoms with Gasteiger partial charge >= 0.3 is 23.9 Å². The molecular weight excluding hydrogens is 678 g/mol. The first-order chi connectivity index (χ1) is 22.7. The molecule has 0 aliphatic rings. The molecular formula is C27H43N7O14S. The molecule has 0 radical (unpaired) electrons. The zero-order valence-corrected chi connectivity index (χ0v) is 27.7. The Bertz CT molecular complexity index is 1270. The Morgan fingerprint density at radius 3 is 1.41 bits per heavy atom. The van der Waals surface area contributed by atoms with Gasteiger partial charge < -0.3 is 58.5 Å². The SMILES string of the molecule is CC[C@H](C)[C@H](NC(=O)[C@H](CC(=O)O)NC(=O)[C@@H](N)CCSC)C(=O)N[C@@H](CC(=O)O)C(=O)N[C@@H](CC(N)=O)C(=O)N[C@@H](CC(=O)O)C(=O)O. The first kappa shape index (κ1) is 44.0. The Morgan fingerprint density at radius 2 is 1.00 bits per heavy atom. The van der Waals surface area contributed by atoms with E-state index in [0.29, 0.717) is 5.75 Å². The van der Waals surface area contributed by atoms with Crippen molar-refractivity contribution in [2.24, 2.45) is 17.4 Å². The minimum atomic E-state index is -1.99. The van der Waals surface area contributed by atoms with Crippen LogP contribution >= 0.6 is 11.8 Å². The van der Waals surface area contributed by atoms with Crippen LogP contribution in [0.4, 0.5) is 0 Å². The second-order valence-corrected chi connectivity index (χ2v) is 11.8. The number of aliphatic carboxylic acids is 4. The summed E-state index contributed by atoms with van der Waals surface area (Å²) in [7, 11) is 0. The Balaban J connectivity index is 6.19. The van der Waals surface area contributed by atoms with Crippen molar-refractivity contribution in [2.75, 3.05) is 12.0 Å². The van der Waals surface area contributed by atoms with Gasteiger partial charge in [-0.15, -0.1) is 0 Å². The van der Waals surface area contributed by atoms with E-state index in [1.54, 1.807) is 13.2 Å². The highest BCUT2D eigenvalue weighted by Gasteiger charge is 2.36. The van der Waals surface area contributed by atoms with Crippen LogP contribution in [0.5, 0.6) is 0 Å². The minimum Gasteiger partial charge on any atom is -0.481 e. The van der Waals surface area contributed by atoms with Crippen LogP contribution in [0.1, 0.15) is 52.4 Å². The van der Waals surface area contributed by atoms with Gasteiger partial charge in [-0.2, -0.15) is 11.8 Å². The highest BCUT2D eigenvalue weighted by molar-refractivity contribution is 7.98. The van der Waals surface area contributed by atoms with Gasteiger partial charge in [0.05, 0.1) is 31.7 Å². The van der Waals surface area contributed by atoms with Crippen molar-refractivity contribution in [1.29, 1.82) is 0 Å². The topological polar surface area (TPSA) is 364 Å². The van der Waals surface area contributed by atoms with Crippen LogP contribution in [-0.4, -0.2) is 128 Å². The van der Waals surface area contributed by atoms with E-state index >= 15 is 0 Å². The number of rotatable bonds is 24. The molecule has 0 spiro atoms. The van der Waals surface area contributed by atoms with Crippen molar-refractivity contribution in [2.45, 2.75) is 88.6 Å². The normalized spacial score (nSPS) is 15.0. The predicted octanol–water partition coefficient (Wildman–Crippen LogP) is -4.08. The fourth-order valence-corrected chi connectivity index (χ4v) is 4.46. The second kappa shape index (κ2) is 21.8. The number of primary amides is 1. The van der Waals surface area contributed by atoms with E-state index in [9.17, 15) is 63.3 Å². The maximum Gasteiger partial charge on any atom is 0.326 e. The lowest BCUT2D eigenvalue weighted by atomic mass is 9.97. The highest BCUT2D eigenvalue weighted by atomic mass is 32.2. The molecule has 13 N–H and O–H groups in total. The zero-order chi connectivity index (χ0) is 38.0. The molecule has 22 heteroatoms. The number of hydrogen-bond donors (Lipinski definition) is 11. The Labute approximate surface area is 284 Å². The third kappa shape index (κ3) is 17.1. The van der Waals surface area contributed by atoms with E-state index in [1.807, 2.05) is 10.6 Å². The molecule has 0 aromatic carbocycles. The highest BCUT2D eigenvalue weighted by Crippen LogP contribution is 2.11. The summed E-state index contributed by atoms with van der Waals surface area (Å²) in [5.74, 6) is -13.7. The van der Waals surface area contributed by atoms with E-state index in [4.69, 9.17) is 16.6 Å². The van der Waals surface area contributed by atoms with Gasteiger partial charge in [-0.1, -0.05) is 20.3 Å². The lowest BCUT2D eigenvalue weighted by molar-refractivity contribution is -0.147. The fourth-order valence-electron chi connectivity index (χ4n) is 3.97. The molecule has 0 aromatic rings. The smallest absolute Gasteiger partial charge is 0.326 e. The van der Waals surface area contributed by atoms with E-state index in [-0.39, 0.29) is 12.8 Å². The number of nitrogens with one attached hydrogen (secondary N) is 5. The minimum absolute atomic E-state index is 0.212. The van der Waals surface area contributed by atoms with Crippen LogP contribution in [0.15, 0.2) is 0 Å². The van der Waals surface area contributed by atoms with Crippen LogP contribution in [-0.2, 0) is 47.9 Å². The van der Waals surface area contributed by atoms with Crippen molar-refractivity contribution in [1.82, 2.24) is 26.6 Å². The maximum absolute atomic E-state index is 13.4. The quantitative estimate of drug-likeness (QED) is 0.0451. The zero-order valence-electron chi connectivity index (χ0n) is 26.9. The molecule has 276 valence electrons. The van der Waals surface area contributed by atoms with Crippen LogP contribution in [0.3, 0.4) is 0 Å². The number of carboxylic acid groups (broad SMARTS) is 4. The molecule has 49 heavy (non-hydrogen) atoms. The number of hydrogen-bond acceptors (Lipinski definition) is 12. The first-order valence-corrected chi connectivity index (χ1v) is 16.1. The molecule has 7 atom stereocenters. The number of carbonyl (C=O) groups excluding carboxylic acids is 6. The summed E-state index contributed by atoms with van der Waals surface area (Å²) in [4.78, 5) is 122. The molecule has 0 unspecified atom stereocenters. The Morgan fingerprint density at radius 1 is 0.612 bits per heavy atom. The van der Waals surface area contributed by atoms with Gasteiger partial charge in [0.2, 0.25) is 35.4 Å². The van der Waals surface area contributed by atoms with Crippen LogP contribution in [0, 0.1) is 5.92 Å². The predicted molar refractivity (Wildman–Crippen MR) is 168 cm³/mol. The van der Waals surface area contributed by atoms with Gasteiger partial charge in [-0.3, -0.25) is 43.2 Å². The van der Waals surface area contributed by atoms with Crippen LogP contribution in [0.2, 0.25) is 0 Å². The van der Waals surface area contributed by atoms with Gasteiger partial charge in [0.25, 0.3) is 0 Å². The van der Waals surface area contributed by atoms with Crippen LogP contribution in [0.25, 0.3) is 0 Å². The number of carbonyl (C=O) groups is 10. The molecule has 0 aromatic heterocycles. The van der Waals surface area contributed by atoms with E-state index < -0.39 is 127 Å². The molecule has 0 rings (SSSR count). The van der Waals surface area contributed by atoms with Crippen LogP contribution < -0.4 is 38.1 Å². The summed E-state index contributed by atoms with van der Waals surface area (Å²) in [6.07, 6.45) is -1.84. The third-order valence-corrected chi connectivity index (χ3v) is 7.46. The summed E-state index contributed by atoms with van der Waals surface area (Å²) in [6.45, 7) is 3.10. The van der Waals surface area contributed by atoms with E-state index in [2.05, 4.69) is 16.0 Å². The summed E-state index contributed by atoms with van der Waals surface area (Å²) >= 11 is 1.40. The number of amides is 6. The average molecular weight is 722 g/mol. The lowest BCUT2D eigenvalue weighted by Crippen LogP contribution is -2.61. The summed E-state index contributed by atoms with van der Waals surface area (Å²) in [5, 5.41) is 47.3.